The van der Waals surface area contributed by atoms with E-state index in [1.165, 1.54) is 18.2 Å². The normalized spacial score (nSPS) is 14.6. The lowest BCUT2D eigenvalue weighted by atomic mass is 9.96. The van der Waals surface area contributed by atoms with Gasteiger partial charge in [-0.15, -0.1) is 11.8 Å². The number of anilines is 1. The van der Waals surface area contributed by atoms with Gasteiger partial charge in [0.25, 0.3) is 5.56 Å². The van der Waals surface area contributed by atoms with E-state index in [2.05, 4.69) is 16.4 Å². The van der Waals surface area contributed by atoms with Crippen LogP contribution in [0.25, 0.3) is 16.6 Å². The van der Waals surface area contributed by atoms with Gasteiger partial charge in [-0.25, -0.2) is 14.5 Å². The molecule has 8 heteroatoms. The lowest BCUT2D eigenvalue weighted by Gasteiger charge is -2.25. The molecule has 0 spiro atoms. The Morgan fingerprint density at radius 2 is 1.90 bits per heavy atom. The highest BCUT2D eigenvalue weighted by Gasteiger charge is 2.22. The first kappa shape index (κ1) is 20.7. The Kier molecular flexibility index (Phi) is 5.98. The Morgan fingerprint density at radius 1 is 1.20 bits per heavy atom. The molecule has 1 aliphatic carbocycles. The van der Waals surface area contributed by atoms with E-state index in [-0.39, 0.29) is 11.6 Å². The number of hydrogen-bond acceptors (Lipinski definition) is 6. The van der Waals surface area contributed by atoms with Crippen molar-refractivity contribution in [2.75, 3.05) is 11.6 Å². The quantitative estimate of drug-likeness (QED) is 0.570. The molecule has 6 nitrogen and oxygen atoms in total. The summed E-state index contributed by atoms with van der Waals surface area (Å²) in [6.45, 7) is 1.78. The number of aromatic nitrogens is 3. The topological polar surface area (TPSA) is 83.6 Å². The monoisotopic (exact) mass is 439 g/mol. The van der Waals surface area contributed by atoms with Crippen LogP contribution in [-0.2, 0) is 0 Å². The van der Waals surface area contributed by atoms with Gasteiger partial charge in [0.05, 0.1) is 16.8 Å². The molecule has 1 aliphatic rings. The molecule has 0 amide bonds. The van der Waals surface area contributed by atoms with Crippen molar-refractivity contribution in [2.45, 2.75) is 50.1 Å². The number of halogens is 1. The minimum absolute atomic E-state index is 0.241. The number of nitrogens with zero attached hydrogens (tertiary/aromatic N) is 4. The van der Waals surface area contributed by atoms with Crippen LogP contribution in [0.3, 0.4) is 0 Å². The number of hydrogen-bond donors (Lipinski definition) is 1. The highest BCUT2D eigenvalue weighted by Crippen LogP contribution is 2.28. The third-order valence-corrected chi connectivity index (χ3v) is 6.43. The van der Waals surface area contributed by atoms with Gasteiger partial charge < -0.3 is 5.32 Å². The number of rotatable bonds is 4. The van der Waals surface area contributed by atoms with Gasteiger partial charge in [0, 0.05) is 11.1 Å². The predicted octanol–water partition coefficient (Wildman–Crippen LogP) is 5.08. The van der Waals surface area contributed by atoms with Crippen molar-refractivity contribution >= 4 is 40.2 Å². The minimum atomic E-state index is -0.241. The van der Waals surface area contributed by atoms with Crippen molar-refractivity contribution in [1.82, 2.24) is 14.5 Å². The van der Waals surface area contributed by atoms with Crippen LogP contribution in [-0.4, -0.2) is 26.8 Å². The summed E-state index contributed by atoms with van der Waals surface area (Å²) in [5.41, 5.74) is 1.74. The molecule has 1 saturated carbocycles. The molecule has 0 radical (unpaired) electrons. The van der Waals surface area contributed by atoms with E-state index in [1.54, 1.807) is 35.8 Å². The number of aryl methyl sites for hydroxylation is 1. The number of nitrogens with one attached hydrogen (secondary N) is 1. The molecule has 154 valence electrons. The lowest BCUT2D eigenvalue weighted by molar-refractivity contribution is 0.460. The molecule has 0 aliphatic heterocycles. The van der Waals surface area contributed by atoms with Crippen LogP contribution in [0.15, 0.2) is 34.1 Å². The van der Waals surface area contributed by atoms with Crippen LogP contribution < -0.4 is 10.9 Å². The zero-order chi connectivity index (χ0) is 21.3. The van der Waals surface area contributed by atoms with Crippen LogP contribution in [0.5, 0.6) is 0 Å². The Balaban J connectivity index is 2.01. The van der Waals surface area contributed by atoms with Crippen LogP contribution in [0, 0.1) is 18.3 Å². The van der Waals surface area contributed by atoms with E-state index in [0.717, 1.165) is 25.7 Å². The van der Waals surface area contributed by atoms with Gasteiger partial charge in [-0.1, -0.05) is 30.9 Å². The molecule has 30 heavy (non-hydrogen) atoms. The molecule has 0 saturated heterocycles. The Morgan fingerprint density at radius 3 is 2.53 bits per heavy atom. The average Bonchev–Trinajstić information content (AvgIpc) is 2.75. The van der Waals surface area contributed by atoms with Gasteiger partial charge in [0.2, 0.25) is 5.95 Å². The third-order valence-electron chi connectivity index (χ3n) is 5.49. The smallest absolute Gasteiger partial charge is 0.269 e. The molecule has 0 bridgehead atoms. The summed E-state index contributed by atoms with van der Waals surface area (Å²) in [6.07, 6.45) is 7.47. The number of nitriles is 1. The zero-order valence-corrected chi connectivity index (χ0v) is 18.5. The van der Waals surface area contributed by atoms with Crippen LogP contribution in [0.4, 0.5) is 5.95 Å². The summed E-state index contributed by atoms with van der Waals surface area (Å²) < 4.78 is 1.57. The number of pyridine rings is 1. The highest BCUT2D eigenvalue weighted by molar-refractivity contribution is 7.98. The van der Waals surface area contributed by atoms with Crippen molar-refractivity contribution in [3.63, 3.8) is 0 Å². The Labute approximate surface area is 184 Å². The molecule has 4 rings (SSSR count). The van der Waals surface area contributed by atoms with E-state index in [9.17, 15) is 10.1 Å². The third kappa shape index (κ3) is 3.78. The standard InChI is InChI=1S/C22H22ClN5OS/c1-13-18-19(17(12-24)20(25-13)30-2)27-22(26-15-6-4-3-5-7-15)28(21(18)29)16-10-8-14(23)9-11-16/h8-11,15H,3-7H2,1-2H3,(H,26,27). The van der Waals surface area contributed by atoms with Gasteiger partial charge in [-0.2, -0.15) is 5.26 Å². The number of benzene rings is 1. The van der Waals surface area contributed by atoms with Crippen LogP contribution in [0.2, 0.25) is 5.02 Å². The second-order valence-corrected chi connectivity index (χ2v) is 8.68. The molecule has 0 unspecified atom stereocenters. The van der Waals surface area contributed by atoms with Gasteiger partial charge in [0.15, 0.2) is 0 Å². The van der Waals surface area contributed by atoms with Crippen molar-refractivity contribution < 1.29 is 0 Å². The van der Waals surface area contributed by atoms with Crippen molar-refractivity contribution in [2.24, 2.45) is 0 Å². The maximum Gasteiger partial charge on any atom is 0.269 e. The fourth-order valence-electron chi connectivity index (χ4n) is 4.00. The molecule has 2 heterocycles. The number of thioether (sulfide) groups is 1. The van der Waals surface area contributed by atoms with Gasteiger partial charge in [-0.05, 0) is 50.3 Å². The molecule has 1 aromatic carbocycles. The summed E-state index contributed by atoms with van der Waals surface area (Å²) in [4.78, 5) is 23.0. The van der Waals surface area contributed by atoms with E-state index in [1.807, 2.05) is 6.26 Å². The van der Waals surface area contributed by atoms with Crippen molar-refractivity contribution in [1.29, 1.82) is 5.26 Å². The summed E-state index contributed by atoms with van der Waals surface area (Å²) in [5, 5.41) is 14.8. The average molecular weight is 440 g/mol. The van der Waals surface area contributed by atoms with Gasteiger partial charge in [-0.3, -0.25) is 4.79 Å². The molecule has 0 atom stereocenters. The highest BCUT2D eigenvalue weighted by atomic mass is 35.5. The second-order valence-electron chi connectivity index (χ2n) is 7.45. The van der Waals surface area contributed by atoms with E-state index in [0.29, 0.717) is 43.8 Å². The van der Waals surface area contributed by atoms with E-state index in [4.69, 9.17) is 16.6 Å². The van der Waals surface area contributed by atoms with E-state index < -0.39 is 0 Å². The maximum atomic E-state index is 13.7. The SMILES string of the molecule is CSc1nc(C)c2c(=O)n(-c3ccc(Cl)cc3)c(NC3CCCCC3)nc2c1C#N. The van der Waals surface area contributed by atoms with Crippen LogP contribution in [0.1, 0.15) is 43.4 Å². The summed E-state index contributed by atoms with van der Waals surface area (Å²) in [7, 11) is 0. The first-order valence-electron chi connectivity index (χ1n) is 9.97. The van der Waals surface area contributed by atoms with Gasteiger partial charge >= 0.3 is 0 Å². The molecule has 1 fully saturated rings. The lowest BCUT2D eigenvalue weighted by Crippen LogP contribution is -2.30. The summed E-state index contributed by atoms with van der Waals surface area (Å²) >= 11 is 7.44. The molecule has 3 aromatic rings. The second kappa shape index (κ2) is 8.66. The zero-order valence-electron chi connectivity index (χ0n) is 16.9. The van der Waals surface area contributed by atoms with Gasteiger partial charge in [0.1, 0.15) is 22.2 Å². The van der Waals surface area contributed by atoms with Crippen molar-refractivity contribution in [3.05, 3.63) is 50.9 Å². The first-order valence-corrected chi connectivity index (χ1v) is 11.6. The molecular weight excluding hydrogens is 418 g/mol. The maximum absolute atomic E-state index is 13.7. The number of fused-ring (bicyclic) bond motifs is 1. The molecular formula is C22H22ClN5OS. The Bertz CT molecular complexity index is 1190. The van der Waals surface area contributed by atoms with Crippen LogP contribution >= 0.6 is 23.4 Å². The minimum Gasteiger partial charge on any atom is -0.353 e. The van der Waals surface area contributed by atoms with E-state index >= 15 is 0 Å². The Hall–Kier alpha value is -2.56. The summed E-state index contributed by atoms with van der Waals surface area (Å²) in [6, 6.07) is 9.55. The summed E-state index contributed by atoms with van der Waals surface area (Å²) in [5.74, 6) is 0.455. The fraction of sp³-hybridized carbons (Fsp3) is 0.364. The predicted molar refractivity (Wildman–Crippen MR) is 122 cm³/mol. The molecule has 1 N–H and O–H groups in total. The fourth-order valence-corrected chi connectivity index (χ4v) is 4.70. The first-order chi connectivity index (χ1) is 14.5. The van der Waals surface area contributed by atoms with Crippen molar-refractivity contribution in [3.8, 4) is 11.8 Å². The molecule has 2 aromatic heterocycles. The largest absolute Gasteiger partial charge is 0.353 e.